The molecule has 132 valence electrons. The molecule has 0 amide bonds. The molecule has 4 heteroatoms. The van der Waals surface area contributed by atoms with Gasteiger partial charge in [0.2, 0.25) is 0 Å². The molecule has 2 N–H and O–H groups in total. The van der Waals surface area contributed by atoms with Crippen molar-refractivity contribution >= 4 is 17.8 Å². The third-order valence-electron chi connectivity index (χ3n) is 4.59. The number of hydrogen-bond acceptors (Lipinski definition) is 4. The second-order valence-electron chi connectivity index (χ2n) is 6.63. The van der Waals surface area contributed by atoms with E-state index >= 15 is 0 Å². The minimum atomic E-state index is -0.597. The molecule has 0 radical (unpaired) electrons. The maximum atomic E-state index is 9.84. The fourth-order valence-electron chi connectivity index (χ4n) is 3.01. The van der Waals surface area contributed by atoms with E-state index in [0.717, 1.165) is 16.7 Å². The Kier molecular flexibility index (Phi) is 5.53. The minimum Gasteiger partial charge on any atom is -0.394 e. The van der Waals surface area contributed by atoms with E-state index in [9.17, 15) is 10.2 Å². The Morgan fingerprint density at radius 3 is 2.04 bits per heavy atom. The second-order valence-corrected chi connectivity index (χ2v) is 6.63. The number of anilines is 1. The van der Waals surface area contributed by atoms with Crippen LogP contribution in [-0.2, 0) is 4.74 Å². The molecule has 0 bridgehead atoms. The van der Waals surface area contributed by atoms with Crippen LogP contribution >= 0.6 is 0 Å². The first kappa shape index (κ1) is 17.7. The fraction of sp³-hybridized carbons (Fsp3) is 0.333. The van der Waals surface area contributed by atoms with E-state index < -0.39 is 12.2 Å². The van der Waals surface area contributed by atoms with Crippen molar-refractivity contribution in [1.82, 2.24) is 0 Å². The minimum absolute atomic E-state index is 0.148. The van der Waals surface area contributed by atoms with Gasteiger partial charge in [-0.3, -0.25) is 0 Å². The van der Waals surface area contributed by atoms with Crippen LogP contribution in [0.1, 0.15) is 29.2 Å². The Morgan fingerprint density at radius 2 is 1.56 bits per heavy atom. The van der Waals surface area contributed by atoms with Crippen molar-refractivity contribution in [3.05, 3.63) is 65.2 Å². The van der Waals surface area contributed by atoms with Crippen molar-refractivity contribution < 1.29 is 14.9 Å². The highest BCUT2D eigenvalue weighted by Gasteiger charge is 2.33. The Bertz CT molecular complexity index is 707. The average Bonchev–Trinajstić information content (AvgIpc) is 3.01. The molecule has 1 unspecified atom stereocenters. The van der Waals surface area contributed by atoms with E-state index in [0.29, 0.717) is 6.42 Å². The number of ether oxygens (including phenoxy) is 1. The van der Waals surface area contributed by atoms with Crippen molar-refractivity contribution in [2.45, 2.75) is 24.7 Å². The quantitative estimate of drug-likeness (QED) is 0.822. The summed E-state index contributed by atoms with van der Waals surface area (Å²) < 4.78 is 5.69. The van der Waals surface area contributed by atoms with Crippen LogP contribution in [0.4, 0.5) is 5.69 Å². The molecule has 0 spiro atoms. The van der Waals surface area contributed by atoms with Crippen LogP contribution in [0.25, 0.3) is 12.2 Å². The van der Waals surface area contributed by atoms with Crippen LogP contribution < -0.4 is 4.90 Å². The van der Waals surface area contributed by atoms with Crippen LogP contribution in [0.5, 0.6) is 0 Å². The third-order valence-corrected chi connectivity index (χ3v) is 4.59. The van der Waals surface area contributed by atoms with E-state index in [1.54, 1.807) is 0 Å². The van der Waals surface area contributed by atoms with Gasteiger partial charge in [0.05, 0.1) is 18.8 Å². The van der Waals surface area contributed by atoms with E-state index in [1.807, 2.05) is 38.4 Å². The zero-order valence-corrected chi connectivity index (χ0v) is 14.7. The lowest BCUT2D eigenvalue weighted by Crippen LogP contribution is -2.24. The van der Waals surface area contributed by atoms with Gasteiger partial charge in [-0.25, -0.2) is 0 Å². The number of hydrogen-bond donors (Lipinski definition) is 2. The molecule has 0 aromatic heterocycles. The summed E-state index contributed by atoms with van der Waals surface area (Å²) in [5, 5.41) is 19.0. The van der Waals surface area contributed by atoms with Crippen LogP contribution in [0.2, 0.25) is 0 Å². The molecule has 3 atom stereocenters. The van der Waals surface area contributed by atoms with Gasteiger partial charge in [0, 0.05) is 26.2 Å². The van der Waals surface area contributed by atoms with Crippen molar-refractivity contribution in [3.63, 3.8) is 0 Å². The standard InChI is InChI=1S/C21H25NO3/c1-22(2)18-11-7-16(8-12-18)4-3-15-5-9-17(10-6-15)20-13-19(24)21(14-23)25-20/h3-12,19-21,23-24H,13-14H2,1-2H3/b4-3+/t19?,20-,21-/m1/s1. The van der Waals surface area contributed by atoms with Gasteiger partial charge in [-0.15, -0.1) is 0 Å². The highest BCUT2D eigenvalue weighted by Crippen LogP contribution is 2.33. The van der Waals surface area contributed by atoms with Gasteiger partial charge in [0.25, 0.3) is 0 Å². The smallest absolute Gasteiger partial charge is 0.107 e. The number of nitrogens with zero attached hydrogens (tertiary/aromatic N) is 1. The SMILES string of the molecule is CN(C)c1ccc(/C=C/c2ccc([C@H]3CC(O)[C@@H](CO)O3)cc2)cc1. The average molecular weight is 339 g/mol. The van der Waals surface area contributed by atoms with Crippen molar-refractivity contribution in [3.8, 4) is 0 Å². The molecule has 0 aliphatic carbocycles. The van der Waals surface area contributed by atoms with E-state index in [1.165, 1.54) is 5.69 Å². The summed E-state index contributed by atoms with van der Waals surface area (Å²) >= 11 is 0. The molecule has 3 rings (SSSR count). The first-order valence-corrected chi connectivity index (χ1v) is 8.56. The number of aliphatic hydroxyl groups is 2. The topological polar surface area (TPSA) is 52.9 Å². The summed E-state index contributed by atoms with van der Waals surface area (Å²) in [6.45, 7) is -0.148. The maximum absolute atomic E-state index is 9.84. The molecule has 4 nitrogen and oxygen atoms in total. The molecule has 1 saturated heterocycles. The Balaban J connectivity index is 1.64. The van der Waals surface area contributed by atoms with Gasteiger partial charge in [-0.2, -0.15) is 0 Å². The molecule has 25 heavy (non-hydrogen) atoms. The lowest BCUT2D eigenvalue weighted by atomic mass is 10.0. The van der Waals surface area contributed by atoms with Crippen LogP contribution in [0, 0.1) is 0 Å². The Labute approximate surface area is 149 Å². The highest BCUT2D eigenvalue weighted by molar-refractivity contribution is 5.70. The summed E-state index contributed by atoms with van der Waals surface area (Å²) in [4.78, 5) is 2.08. The van der Waals surface area contributed by atoms with Gasteiger partial charge < -0.3 is 19.8 Å². The van der Waals surface area contributed by atoms with Crippen LogP contribution in [0.15, 0.2) is 48.5 Å². The zero-order valence-electron chi connectivity index (χ0n) is 14.7. The summed E-state index contributed by atoms with van der Waals surface area (Å²) in [6.07, 6.45) is 3.47. The van der Waals surface area contributed by atoms with E-state index in [2.05, 4.69) is 41.3 Å². The van der Waals surface area contributed by atoms with Gasteiger partial charge in [-0.05, 0) is 28.8 Å². The molecule has 2 aromatic rings. The first-order chi connectivity index (χ1) is 12.1. The summed E-state index contributed by atoms with van der Waals surface area (Å²) in [5.41, 5.74) is 4.48. The fourth-order valence-corrected chi connectivity index (χ4v) is 3.01. The molecule has 2 aromatic carbocycles. The summed E-state index contributed by atoms with van der Waals surface area (Å²) in [7, 11) is 4.06. The molecule has 1 aliphatic rings. The lowest BCUT2D eigenvalue weighted by molar-refractivity contribution is -0.0225. The van der Waals surface area contributed by atoms with Gasteiger partial charge in [-0.1, -0.05) is 48.6 Å². The number of aliphatic hydroxyl groups excluding tert-OH is 2. The lowest BCUT2D eigenvalue weighted by Gasteiger charge is -2.12. The third kappa shape index (κ3) is 4.28. The largest absolute Gasteiger partial charge is 0.394 e. The summed E-state index contributed by atoms with van der Waals surface area (Å²) in [6, 6.07) is 16.5. The Hall–Kier alpha value is -2.14. The molecule has 0 saturated carbocycles. The molecule has 1 aliphatic heterocycles. The van der Waals surface area contributed by atoms with Crippen molar-refractivity contribution in [1.29, 1.82) is 0 Å². The predicted octanol–water partition coefficient (Wildman–Crippen LogP) is 3.11. The van der Waals surface area contributed by atoms with Crippen LogP contribution in [-0.4, -0.2) is 43.1 Å². The van der Waals surface area contributed by atoms with E-state index in [4.69, 9.17) is 4.74 Å². The normalized spacial score (nSPS) is 23.3. The molecular weight excluding hydrogens is 314 g/mol. The van der Waals surface area contributed by atoms with Gasteiger partial charge >= 0.3 is 0 Å². The molecule has 1 fully saturated rings. The summed E-state index contributed by atoms with van der Waals surface area (Å²) in [5.74, 6) is 0. The van der Waals surface area contributed by atoms with Gasteiger partial charge in [0.1, 0.15) is 6.10 Å². The molecule has 1 heterocycles. The predicted molar refractivity (Wildman–Crippen MR) is 101 cm³/mol. The van der Waals surface area contributed by atoms with Crippen molar-refractivity contribution in [2.24, 2.45) is 0 Å². The second kappa shape index (κ2) is 7.83. The van der Waals surface area contributed by atoms with Crippen molar-refractivity contribution in [2.75, 3.05) is 25.6 Å². The molecular formula is C21H25NO3. The monoisotopic (exact) mass is 339 g/mol. The zero-order chi connectivity index (χ0) is 17.8. The Morgan fingerprint density at radius 1 is 1.00 bits per heavy atom. The van der Waals surface area contributed by atoms with E-state index in [-0.39, 0.29) is 12.7 Å². The number of rotatable bonds is 5. The van der Waals surface area contributed by atoms with Gasteiger partial charge in [0.15, 0.2) is 0 Å². The highest BCUT2D eigenvalue weighted by atomic mass is 16.5. The first-order valence-electron chi connectivity index (χ1n) is 8.56. The number of benzene rings is 2. The van der Waals surface area contributed by atoms with Crippen LogP contribution in [0.3, 0.4) is 0 Å². The maximum Gasteiger partial charge on any atom is 0.107 e.